The van der Waals surface area contributed by atoms with Crippen molar-refractivity contribution >= 4 is 5.97 Å². The highest BCUT2D eigenvalue weighted by Gasteiger charge is 1.88. The molecule has 0 fully saturated rings. The Morgan fingerprint density at radius 2 is 2.00 bits per heavy atom. The van der Waals surface area contributed by atoms with Gasteiger partial charge in [0.2, 0.25) is 0 Å². The number of aliphatic hydroxyl groups is 1. The van der Waals surface area contributed by atoms with Gasteiger partial charge in [-0.15, -0.1) is 0 Å². The van der Waals surface area contributed by atoms with Gasteiger partial charge in [0.25, 0.3) is 0 Å². The lowest BCUT2D eigenvalue weighted by Crippen LogP contribution is -1.89. The van der Waals surface area contributed by atoms with Crippen molar-refractivity contribution in [3.05, 3.63) is 12.2 Å². The number of unbranched alkanes of at least 4 members (excludes halogenated alkanes) is 2. The van der Waals surface area contributed by atoms with Crippen molar-refractivity contribution in [3.63, 3.8) is 0 Å². The zero-order chi connectivity index (χ0) is 8.53. The smallest absolute Gasteiger partial charge is 0.307 e. The summed E-state index contributed by atoms with van der Waals surface area (Å²) < 4.78 is 0. The Labute approximate surface area is 66.4 Å². The number of carboxylic acid groups (broad SMARTS) is 1. The Morgan fingerprint density at radius 3 is 2.55 bits per heavy atom. The number of carbonyl (C=O) groups is 1. The Kier molecular flexibility index (Phi) is 6.73. The topological polar surface area (TPSA) is 57.5 Å². The van der Waals surface area contributed by atoms with Crippen LogP contribution in [0.1, 0.15) is 25.7 Å². The molecule has 0 atom stereocenters. The summed E-state index contributed by atoms with van der Waals surface area (Å²) in [7, 11) is 0. The Balaban J connectivity index is 3.10. The van der Waals surface area contributed by atoms with Crippen LogP contribution < -0.4 is 0 Å². The average Bonchev–Trinajstić information content (AvgIpc) is 1.96. The molecule has 64 valence electrons. The third-order valence-corrected chi connectivity index (χ3v) is 1.24. The van der Waals surface area contributed by atoms with Crippen LogP contribution in [-0.2, 0) is 4.79 Å². The van der Waals surface area contributed by atoms with Crippen molar-refractivity contribution in [2.24, 2.45) is 0 Å². The maximum absolute atomic E-state index is 10.00. The number of hydrogen-bond acceptors (Lipinski definition) is 2. The largest absolute Gasteiger partial charge is 0.481 e. The lowest BCUT2D eigenvalue weighted by atomic mass is 10.2. The molecule has 0 aromatic carbocycles. The number of aliphatic carboxylic acids is 1. The third-order valence-electron chi connectivity index (χ3n) is 1.24. The molecule has 0 radical (unpaired) electrons. The molecule has 2 N–H and O–H groups in total. The Bertz CT molecular complexity index is 129. The molecule has 0 aliphatic rings. The molecule has 3 heteroatoms. The van der Waals surface area contributed by atoms with Crippen LogP contribution in [0.4, 0.5) is 0 Å². The van der Waals surface area contributed by atoms with Gasteiger partial charge in [0.15, 0.2) is 0 Å². The van der Waals surface area contributed by atoms with Crippen molar-refractivity contribution in [1.82, 2.24) is 0 Å². The van der Waals surface area contributed by atoms with Crippen molar-refractivity contribution in [1.29, 1.82) is 0 Å². The molecule has 0 aliphatic heterocycles. The fraction of sp³-hybridized carbons (Fsp3) is 0.625. The number of allylic oxidation sites excluding steroid dienone is 1. The van der Waals surface area contributed by atoms with Crippen molar-refractivity contribution in [2.75, 3.05) is 6.61 Å². The third kappa shape index (κ3) is 9.17. The van der Waals surface area contributed by atoms with E-state index in [0.29, 0.717) is 0 Å². The molecule has 0 unspecified atom stereocenters. The van der Waals surface area contributed by atoms with Crippen LogP contribution in [-0.4, -0.2) is 22.8 Å². The molecule has 0 saturated carbocycles. The van der Waals surface area contributed by atoms with E-state index in [-0.39, 0.29) is 13.0 Å². The molecular formula is C8H14O3. The van der Waals surface area contributed by atoms with Crippen LogP contribution in [0.2, 0.25) is 0 Å². The first-order valence-electron chi connectivity index (χ1n) is 3.75. The predicted molar refractivity (Wildman–Crippen MR) is 42.3 cm³/mol. The molecule has 0 aromatic heterocycles. The lowest BCUT2D eigenvalue weighted by molar-refractivity contribution is -0.136. The highest BCUT2D eigenvalue weighted by molar-refractivity contribution is 5.68. The van der Waals surface area contributed by atoms with Gasteiger partial charge >= 0.3 is 5.97 Å². The standard InChI is InChI=1S/C8H14O3/c9-7-5-3-1-2-4-6-8(10)11/h2,4,9H,1,3,5-7H2,(H,10,11)/b4-2+. The van der Waals surface area contributed by atoms with Crippen LogP contribution in [0.3, 0.4) is 0 Å². The fourth-order valence-electron chi connectivity index (χ4n) is 0.676. The van der Waals surface area contributed by atoms with Crippen LogP contribution in [0.15, 0.2) is 12.2 Å². The van der Waals surface area contributed by atoms with Crippen LogP contribution in [0.5, 0.6) is 0 Å². The number of aliphatic hydroxyl groups excluding tert-OH is 1. The van der Waals surface area contributed by atoms with Gasteiger partial charge in [0, 0.05) is 6.61 Å². The average molecular weight is 158 g/mol. The fourth-order valence-corrected chi connectivity index (χ4v) is 0.676. The molecule has 0 aromatic rings. The number of carboxylic acids is 1. The summed E-state index contributed by atoms with van der Waals surface area (Å²) in [5.74, 6) is -0.802. The quantitative estimate of drug-likeness (QED) is 0.450. The van der Waals surface area contributed by atoms with E-state index in [4.69, 9.17) is 10.2 Å². The molecule has 0 heterocycles. The van der Waals surface area contributed by atoms with Crippen molar-refractivity contribution in [3.8, 4) is 0 Å². The highest BCUT2D eigenvalue weighted by Crippen LogP contribution is 1.96. The maximum atomic E-state index is 10.00. The minimum atomic E-state index is -0.802. The van der Waals surface area contributed by atoms with E-state index in [1.165, 1.54) is 0 Å². The molecule has 0 aliphatic carbocycles. The summed E-state index contributed by atoms with van der Waals surface area (Å²) in [6.07, 6.45) is 6.14. The van der Waals surface area contributed by atoms with E-state index in [1.54, 1.807) is 6.08 Å². The van der Waals surface area contributed by atoms with Gasteiger partial charge in [-0.25, -0.2) is 0 Å². The molecule has 0 rings (SSSR count). The number of rotatable bonds is 6. The minimum absolute atomic E-state index is 0.0964. The molecule has 0 spiro atoms. The summed E-state index contributed by atoms with van der Waals surface area (Å²) in [4.78, 5) is 10.00. The summed E-state index contributed by atoms with van der Waals surface area (Å²) in [5.41, 5.74) is 0. The van der Waals surface area contributed by atoms with Crippen LogP contribution in [0.25, 0.3) is 0 Å². The van der Waals surface area contributed by atoms with Crippen LogP contribution in [0, 0.1) is 0 Å². The van der Waals surface area contributed by atoms with E-state index in [1.807, 2.05) is 6.08 Å². The Hall–Kier alpha value is -0.830. The van der Waals surface area contributed by atoms with Gasteiger partial charge < -0.3 is 10.2 Å². The second-order valence-electron chi connectivity index (χ2n) is 2.29. The summed E-state index contributed by atoms with van der Waals surface area (Å²) in [6.45, 7) is 0.215. The first kappa shape index (κ1) is 10.2. The van der Waals surface area contributed by atoms with Gasteiger partial charge in [0.05, 0.1) is 6.42 Å². The predicted octanol–water partition coefficient (Wildman–Crippen LogP) is 1.18. The van der Waals surface area contributed by atoms with Crippen molar-refractivity contribution in [2.45, 2.75) is 25.7 Å². The van der Waals surface area contributed by atoms with Gasteiger partial charge in [-0.05, 0) is 19.3 Å². The molecule has 0 saturated heterocycles. The lowest BCUT2D eigenvalue weighted by Gasteiger charge is -1.90. The van der Waals surface area contributed by atoms with Gasteiger partial charge in [0.1, 0.15) is 0 Å². The SMILES string of the molecule is O=C(O)C/C=C/CCCCO. The monoisotopic (exact) mass is 158 g/mol. The molecule has 3 nitrogen and oxygen atoms in total. The van der Waals surface area contributed by atoms with E-state index in [9.17, 15) is 4.79 Å². The second-order valence-corrected chi connectivity index (χ2v) is 2.29. The summed E-state index contributed by atoms with van der Waals surface area (Å²) >= 11 is 0. The second kappa shape index (κ2) is 7.28. The molecular weight excluding hydrogens is 144 g/mol. The van der Waals surface area contributed by atoms with Gasteiger partial charge in [-0.2, -0.15) is 0 Å². The first-order chi connectivity index (χ1) is 5.27. The maximum Gasteiger partial charge on any atom is 0.307 e. The van der Waals surface area contributed by atoms with Crippen molar-refractivity contribution < 1.29 is 15.0 Å². The zero-order valence-electron chi connectivity index (χ0n) is 6.49. The molecule has 0 amide bonds. The summed E-state index contributed by atoms with van der Waals surface area (Å²) in [6, 6.07) is 0. The van der Waals surface area contributed by atoms with Gasteiger partial charge in [-0.1, -0.05) is 12.2 Å². The minimum Gasteiger partial charge on any atom is -0.481 e. The van der Waals surface area contributed by atoms with Crippen LogP contribution >= 0.6 is 0 Å². The highest BCUT2D eigenvalue weighted by atomic mass is 16.4. The van der Waals surface area contributed by atoms with E-state index in [2.05, 4.69) is 0 Å². The first-order valence-corrected chi connectivity index (χ1v) is 3.75. The normalized spacial score (nSPS) is 10.6. The van der Waals surface area contributed by atoms with E-state index in [0.717, 1.165) is 19.3 Å². The summed E-state index contributed by atoms with van der Waals surface area (Å²) in [5, 5.41) is 16.6. The Morgan fingerprint density at radius 1 is 1.27 bits per heavy atom. The zero-order valence-corrected chi connectivity index (χ0v) is 6.49. The molecule has 11 heavy (non-hydrogen) atoms. The van der Waals surface area contributed by atoms with Gasteiger partial charge in [-0.3, -0.25) is 4.79 Å². The van der Waals surface area contributed by atoms with E-state index < -0.39 is 5.97 Å². The van der Waals surface area contributed by atoms with E-state index >= 15 is 0 Å². The molecule has 0 bridgehead atoms. The number of hydrogen-bond donors (Lipinski definition) is 2.